The minimum atomic E-state index is 0. The van der Waals surface area contributed by atoms with Crippen LogP contribution in [0.2, 0.25) is 0 Å². The van der Waals surface area contributed by atoms with Crippen LogP contribution in [0.25, 0.3) is 0 Å². The maximum absolute atomic E-state index is 5.79. The molecule has 0 aliphatic carbocycles. The summed E-state index contributed by atoms with van der Waals surface area (Å²) in [4.78, 5) is 4.17. The summed E-state index contributed by atoms with van der Waals surface area (Å²) in [6, 6.07) is 7.81. The fourth-order valence-electron chi connectivity index (χ4n) is 1.49. The van der Waals surface area contributed by atoms with Crippen molar-refractivity contribution < 1.29 is 4.52 Å². The summed E-state index contributed by atoms with van der Waals surface area (Å²) in [6.45, 7) is 4.53. The summed E-state index contributed by atoms with van der Waals surface area (Å²) >= 11 is 0. The van der Waals surface area contributed by atoms with Crippen molar-refractivity contribution >= 4 is 35.6 Å². The zero-order chi connectivity index (χ0) is 13.0. The second kappa shape index (κ2) is 7.13. The lowest BCUT2D eigenvalue weighted by Gasteiger charge is -2.07. The largest absolute Gasteiger partial charge is 0.370 e. The second-order valence-electron chi connectivity index (χ2n) is 4.12. The number of nitrogens with one attached hydrogen (secondary N) is 1. The number of aryl methyl sites for hydroxylation is 2. The first-order chi connectivity index (χ1) is 8.65. The lowest BCUT2D eigenvalue weighted by molar-refractivity contribution is 0.412. The average Bonchev–Trinajstić information content (AvgIpc) is 2.84. The molecule has 1 aromatic carbocycles. The number of guanidine groups is 1. The number of nitrogens with two attached hydrogens (primary N) is 1. The van der Waals surface area contributed by atoms with E-state index < -0.39 is 0 Å². The van der Waals surface area contributed by atoms with Crippen molar-refractivity contribution in [3.63, 3.8) is 0 Å². The van der Waals surface area contributed by atoms with Gasteiger partial charge < -0.3 is 15.6 Å². The van der Waals surface area contributed by atoms with Gasteiger partial charge in [-0.3, -0.25) is 0 Å². The molecule has 0 aliphatic heterocycles. The average molecular weight is 372 g/mol. The summed E-state index contributed by atoms with van der Waals surface area (Å²) in [5, 5.41) is 6.80. The molecule has 0 radical (unpaired) electrons. The van der Waals surface area contributed by atoms with Gasteiger partial charge in [0.2, 0.25) is 0 Å². The molecule has 5 nitrogen and oxygen atoms in total. The smallest absolute Gasteiger partial charge is 0.193 e. The predicted molar refractivity (Wildman–Crippen MR) is 86.8 cm³/mol. The highest BCUT2D eigenvalue weighted by molar-refractivity contribution is 14.0. The number of halogens is 1. The predicted octanol–water partition coefficient (Wildman–Crippen LogP) is 2.84. The van der Waals surface area contributed by atoms with Crippen LogP contribution in [-0.4, -0.2) is 11.1 Å². The summed E-state index contributed by atoms with van der Waals surface area (Å²) in [7, 11) is 0. The molecule has 1 aromatic heterocycles. The Kier molecular flexibility index (Phi) is 5.81. The van der Waals surface area contributed by atoms with Crippen molar-refractivity contribution in [2.24, 2.45) is 10.7 Å². The highest BCUT2D eigenvalue weighted by atomic mass is 127. The van der Waals surface area contributed by atoms with Crippen LogP contribution >= 0.6 is 24.0 Å². The van der Waals surface area contributed by atoms with E-state index in [1.54, 1.807) is 6.07 Å². The Morgan fingerprint density at radius 1 is 1.32 bits per heavy atom. The SMILES string of the molecule is Cc1ccc(NC(N)=NCc2ccon2)cc1C.I. The van der Waals surface area contributed by atoms with E-state index in [1.165, 1.54) is 17.4 Å². The van der Waals surface area contributed by atoms with Gasteiger partial charge in [-0.05, 0) is 37.1 Å². The Morgan fingerprint density at radius 3 is 2.74 bits per heavy atom. The lowest BCUT2D eigenvalue weighted by atomic mass is 10.1. The zero-order valence-corrected chi connectivity index (χ0v) is 13.2. The van der Waals surface area contributed by atoms with E-state index in [9.17, 15) is 0 Å². The molecule has 6 heteroatoms. The van der Waals surface area contributed by atoms with Crippen LogP contribution in [0.3, 0.4) is 0 Å². The van der Waals surface area contributed by atoms with Gasteiger partial charge in [0.25, 0.3) is 0 Å². The van der Waals surface area contributed by atoms with Gasteiger partial charge in [-0.15, -0.1) is 24.0 Å². The van der Waals surface area contributed by atoms with Crippen molar-refractivity contribution in [3.05, 3.63) is 47.3 Å². The number of aliphatic imine (C=N–C) groups is 1. The fraction of sp³-hybridized carbons (Fsp3) is 0.231. The highest BCUT2D eigenvalue weighted by Crippen LogP contribution is 2.13. The van der Waals surface area contributed by atoms with Gasteiger partial charge in [-0.1, -0.05) is 11.2 Å². The number of anilines is 1. The summed E-state index contributed by atoms with van der Waals surface area (Å²) in [6.07, 6.45) is 1.51. The van der Waals surface area contributed by atoms with E-state index in [2.05, 4.69) is 29.3 Å². The van der Waals surface area contributed by atoms with Crippen LogP contribution in [0.15, 0.2) is 40.0 Å². The molecular formula is C13H17IN4O. The first-order valence-electron chi connectivity index (χ1n) is 5.68. The van der Waals surface area contributed by atoms with Gasteiger partial charge in [0, 0.05) is 11.8 Å². The quantitative estimate of drug-likeness (QED) is 0.494. The lowest BCUT2D eigenvalue weighted by Crippen LogP contribution is -2.22. The molecule has 2 aromatic rings. The van der Waals surface area contributed by atoms with E-state index in [0.717, 1.165) is 11.4 Å². The molecule has 0 unspecified atom stereocenters. The molecular weight excluding hydrogens is 355 g/mol. The van der Waals surface area contributed by atoms with Gasteiger partial charge in [0.05, 0.1) is 6.54 Å². The first kappa shape index (κ1) is 15.5. The monoisotopic (exact) mass is 372 g/mol. The first-order valence-corrected chi connectivity index (χ1v) is 5.68. The zero-order valence-electron chi connectivity index (χ0n) is 10.9. The van der Waals surface area contributed by atoms with E-state index in [0.29, 0.717) is 12.5 Å². The van der Waals surface area contributed by atoms with Crippen molar-refractivity contribution in [1.29, 1.82) is 0 Å². The molecule has 0 atom stereocenters. The molecule has 1 heterocycles. The van der Waals surface area contributed by atoms with Crippen LogP contribution in [-0.2, 0) is 6.54 Å². The van der Waals surface area contributed by atoms with Crippen molar-refractivity contribution in [2.75, 3.05) is 5.32 Å². The van der Waals surface area contributed by atoms with Crippen molar-refractivity contribution in [1.82, 2.24) is 5.16 Å². The molecule has 0 aliphatic rings. The van der Waals surface area contributed by atoms with Gasteiger partial charge in [-0.2, -0.15) is 0 Å². The molecule has 0 spiro atoms. The van der Waals surface area contributed by atoms with Crippen LogP contribution in [0.5, 0.6) is 0 Å². The molecule has 0 saturated carbocycles. The number of aromatic nitrogens is 1. The number of hydrogen-bond donors (Lipinski definition) is 2. The van der Waals surface area contributed by atoms with Crippen LogP contribution in [0.1, 0.15) is 16.8 Å². The molecule has 2 rings (SSSR count). The Bertz CT molecular complexity index is 552. The van der Waals surface area contributed by atoms with Gasteiger partial charge in [0.1, 0.15) is 12.0 Å². The standard InChI is InChI=1S/C13H16N4O.HI/c1-9-3-4-11(7-10(9)2)16-13(14)15-8-12-5-6-18-17-12;/h3-7H,8H2,1-2H3,(H3,14,15,16);1H. The number of rotatable bonds is 3. The summed E-state index contributed by atoms with van der Waals surface area (Å²) in [5.41, 5.74) is 9.93. The highest BCUT2D eigenvalue weighted by Gasteiger charge is 1.99. The van der Waals surface area contributed by atoms with Gasteiger partial charge in [-0.25, -0.2) is 4.99 Å². The maximum Gasteiger partial charge on any atom is 0.193 e. The molecule has 0 saturated heterocycles. The number of hydrogen-bond acceptors (Lipinski definition) is 3. The second-order valence-corrected chi connectivity index (χ2v) is 4.12. The molecule has 3 N–H and O–H groups in total. The third kappa shape index (κ3) is 4.55. The Balaban J connectivity index is 0.00000180. The number of benzene rings is 1. The van der Waals surface area contributed by atoms with Crippen LogP contribution < -0.4 is 11.1 Å². The van der Waals surface area contributed by atoms with Crippen molar-refractivity contribution in [3.8, 4) is 0 Å². The minimum Gasteiger partial charge on any atom is -0.370 e. The Labute approximate surface area is 129 Å². The number of nitrogens with zero attached hydrogens (tertiary/aromatic N) is 2. The molecule has 19 heavy (non-hydrogen) atoms. The van der Waals surface area contributed by atoms with Crippen LogP contribution in [0.4, 0.5) is 5.69 Å². The Hall–Kier alpha value is -1.57. The van der Waals surface area contributed by atoms with E-state index >= 15 is 0 Å². The van der Waals surface area contributed by atoms with Crippen LogP contribution in [0, 0.1) is 13.8 Å². The maximum atomic E-state index is 5.79. The van der Waals surface area contributed by atoms with E-state index in [4.69, 9.17) is 10.3 Å². The third-order valence-corrected chi connectivity index (χ3v) is 2.68. The van der Waals surface area contributed by atoms with E-state index in [1.807, 2.05) is 18.2 Å². The molecule has 0 amide bonds. The summed E-state index contributed by atoms with van der Waals surface area (Å²) in [5.74, 6) is 0.362. The van der Waals surface area contributed by atoms with Gasteiger partial charge >= 0.3 is 0 Å². The molecule has 0 fully saturated rings. The molecule has 102 valence electrons. The molecule has 0 bridgehead atoms. The minimum absolute atomic E-state index is 0. The van der Waals surface area contributed by atoms with Crippen molar-refractivity contribution in [2.45, 2.75) is 20.4 Å². The topological polar surface area (TPSA) is 76.4 Å². The fourth-order valence-corrected chi connectivity index (χ4v) is 1.49. The van der Waals surface area contributed by atoms with Gasteiger partial charge in [0.15, 0.2) is 5.96 Å². The summed E-state index contributed by atoms with van der Waals surface area (Å²) < 4.78 is 4.71. The Morgan fingerprint density at radius 2 is 2.11 bits per heavy atom. The van der Waals surface area contributed by atoms with E-state index in [-0.39, 0.29) is 24.0 Å². The third-order valence-electron chi connectivity index (χ3n) is 2.68. The normalized spacial score (nSPS) is 10.9.